The van der Waals surface area contributed by atoms with Crippen LogP contribution in [0.5, 0.6) is 5.19 Å². The van der Waals surface area contributed by atoms with Crippen molar-refractivity contribution in [3.8, 4) is 5.19 Å². The molecule has 2 aliphatic heterocycles. The fourth-order valence-electron chi connectivity index (χ4n) is 4.06. The first-order valence-corrected chi connectivity index (χ1v) is 9.81. The molecule has 3 rings (SSSR count). The maximum Gasteiger partial charge on any atom is 0.293 e. The third-order valence-electron chi connectivity index (χ3n) is 5.25. The highest BCUT2D eigenvalue weighted by Crippen LogP contribution is 2.39. The van der Waals surface area contributed by atoms with Crippen LogP contribution in [0, 0.1) is 5.41 Å². The zero-order chi connectivity index (χ0) is 17.7. The van der Waals surface area contributed by atoms with Gasteiger partial charge < -0.3 is 14.4 Å². The average Bonchev–Trinajstić information content (AvgIpc) is 3.06. The molecule has 1 aromatic heterocycles. The van der Waals surface area contributed by atoms with E-state index in [2.05, 4.69) is 20.0 Å². The minimum Gasteiger partial charge on any atom is -0.472 e. The number of aromatic nitrogens is 2. The molecule has 0 radical (unpaired) electrons. The summed E-state index contributed by atoms with van der Waals surface area (Å²) in [4.78, 5) is 16.8. The fourth-order valence-corrected chi connectivity index (χ4v) is 4.76. The lowest BCUT2D eigenvalue weighted by Gasteiger charge is -2.48. The minimum atomic E-state index is 0.230. The molecule has 7 nitrogen and oxygen atoms in total. The van der Waals surface area contributed by atoms with Crippen LogP contribution >= 0.6 is 11.3 Å². The van der Waals surface area contributed by atoms with E-state index >= 15 is 0 Å². The van der Waals surface area contributed by atoms with Crippen LogP contribution in [0.2, 0.25) is 0 Å². The largest absolute Gasteiger partial charge is 0.472 e. The van der Waals surface area contributed by atoms with E-state index < -0.39 is 0 Å². The molecule has 0 N–H and O–H groups in total. The number of hydrogen-bond acceptors (Lipinski definition) is 7. The van der Waals surface area contributed by atoms with Crippen LogP contribution < -0.4 is 4.74 Å². The molecule has 1 amide bonds. The van der Waals surface area contributed by atoms with Crippen LogP contribution in [0.3, 0.4) is 0 Å². The summed E-state index contributed by atoms with van der Waals surface area (Å²) in [5.74, 6) is 0.299. The minimum absolute atomic E-state index is 0.230. The van der Waals surface area contributed by atoms with Gasteiger partial charge >= 0.3 is 0 Å². The van der Waals surface area contributed by atoms with Crippen molar-refractivity contribution in [3.05, 3.63) is 5.01 Å². The Labute approximate surface area is 153 Å². The number of nitrogens with zero attached hydrogens (tertiary/aromatic N) is 4. The fraction of sp³-hybridized carbons (Fsp3) is 0.824. The normalized spacial score (nSPS) is 24.9. The summed E-state index contributed by atoms with van der Waals surface area (Å²) >= 11 is 1.51. The summed E-state index contributed by atoms with van der Waals surface area (Å²) in [6.07, 6.45) is 4.97. The molecule has 1 aromatic rings. The molecule has 0 saturated carbocycles. The van der Waals surface area contributed by atoms with Gasteiger partial charge in [-0.2, -0.15) is 0 Å². The predicted octanol–water partition coefficient (Wildman–Crippen LogP) is 1.79. The van der Waals surface area contributed by atoms with Crippen LogP contribution in [0.4, 0.5) is 0 Å². The van der Waals surface area contributed by atoms with Crippen molar-refractivity contribution in [1.29, 1.82) is 0 Å². The summed E-state index contributed by atoms with van der Waals surface area (Å²) in [5, 5.41) is 9.86. The first-order valence-electron chi connectivity index (χ1n) is 8.99. The molecule has 3 heterocycles. The number of ether oxygens (including phenoxy) is 2. The number of carbonyl (C=O) groups is 1. The van der Waals surface area contributed by atoms with E-state index in [9.17, 15) is 4.79 Å². The number of rotatable bonds is 7. The van der Waals surface area contributed by atoms with Gasteiger partial charge in [0, 0.05) is 45.2 Å². The molecule has 0 aromatic carbocycles. The lowest BCUT2D eigenvalue weighted by atomic mass is 9.73. The number of amides is 1. The molecule has 0 aliphatic carbocycles. The Morgan fingerprint density at radius 2 is 2.12 bits per heavy atom. The van der Waals surface area contributed by atoms with Gasteiger partial charge in [0.05, 0.1) is 13.7 Å². The lowest BCUT2D eigenvalue weighted by molar-refractivity contribution is -0.139. The van der Waals surface area contributed by atoms with Gasteiger partial charge in [-0.05, 0) is 32.2 Å². The molecule has 2 saturated heterocycles. The summed E-state index contributed by atoms with van der Waals surface area (Å²) in [5.41, 5.74) is 0.230. The lowest BCUT2D eigenvalue weighted by Crippen LogP contribution is -2.54. The standard InChI is InChI=1S/C17H28N4O3S/c1-23-10-4-9-21-13-17(7-5-15(21)22)6-3-8-20(12-17)11-14-18-19-16(24-2)25-14/h3-13H2,1-2H3/t17-/m1/s1. The SMILES string of the molecule is COCCCN1C[C@]2(CCCN(Cc3nnc(OC)s3)C2)CCC1=O. The maximum absolute atomic E-state index is 12.3. The molecule has 2 fully saturated rings. The van der Waals surface area contributed by atoms with E-state index in [0.717, 1.165) is 50.6 Å². The molecular weight excluding hydrogens is 340 g/mol. The van der Waals surface area contributed by atoms with Gasteiger partial charge in [0.25, 0.3) is 5.19 Å². The number of likely N-dealkylation sites (tertiary alicyclic amines) is 2. The van der Waals surface area contributed by atoms with Crippen LogP contribution in [0.25, 0.3) is 0 Å². The third-order valence-corrected chi connectivity index (χ3v) is 6.12. The van der Waals surface area contributed by atoms with E-state index in [0.29, 0.717) is 24.1 Å². The number of piperidine rings is 2. The molecule has 0 unspecified atom stereocenters. The number of methoxy groups -OCH3 is 2. The third kappa shape index (κ3) is 4.68. The number of hydrogen-bond donors (Lipinski definition) is 0. The van der Waals surface area contributed by atoms with Crippen molar-refractivity contribution >= 4 is 17.2 Å². The van der Waals surface area contributed by atoms with Crippen LogP contribution in [-0.2, 0) is 16.1 Å². The first-order chi connectivity index (χ1) is 12.1. The van der Waals surface area contributed by atoms with Crippen LogP contribution in [0.1, 0.15) is 37.1 Å². The Balaban J connectivity index is 1.59. The van der Waals surface area contributed by atoms with E-state index in [1.165, 1.54) is 24.2 Å². The zero-order valence-corrected chi connectivity index (χ0v) is 16.0. The Morgan fingerprint density at radius 1 is 1.24 bits per heavy atom. The van der Waals surface area contributed by atoms with E-state index in [1.807, 2.05) is 0 Å². The molecule has 8 heteroatoms. The monoisotopic (exact) mass is 368 g/mol. The average molecular weight is 369 g/mol. The Hall–Kier alpha value is -1.25. The van der Waals surface area contributed by atoms with Gasteiger partial charge in [0.15, 0.2) is 0 Å². The second kappa shape index (κ2) is 8.42. The summed E-state index contributed by atoms with van der Waals surface area (Å²) in [6.45, 7) is 5.33. The van der Waals surface area contributed by atoms with Crippen molar-refractivity contribution < 1.29 is 14.3 Å². The Morgan fingerprint density at radius 3 is 2.88 bits per heavy atom. The smallest absolute Gasteiger partial charge is 0.293 e. The van der Waals surface area contributed by atoms with Gasteiger partial charge in [0.1, 0.15) is 5.01 Å². The molecule has 25 heavy (non-hydrogen) atoms. The van der Waals surface area contributed by atoms with Gasteiger partial charge in [-0.25, -0.2) is 0 Å². The Kier molecular flexibility index (Phi) is 6.24. The highest BCUT2D eigenvalue weighted by molar-refractivity contribution is 7.13. The first kappa shape index (κ1) is 18.5. The highest BCUT2D eigenvalue weighted by Gasteiger charge is 2.41. The van der Waals surface area contributed by atoms with Crippen LogP contribution in [0.15, 0.2) is 0 Å². The van der Waals surface area contributed by atoms with Crippen molar-refractivity contribution in [2.24, 2.45) is 5.41 Å². The molecule has 0 bridgehead atoms. The van der Waals surface area contributed by atoms with E-state index in [1.54, 1.807) is 14.2 Å². The molecule has 1 spiro atoms. The van der Waals surface area contributed by atoms with Gasteiger partial charge in [-0.1, -0.05) is 11.3 Å². The molecular formula is C17H28N4O3S. The maximum atomic E-state index is 12.3. The van der Waals surface area contributed by atoms with Gasteiger partial charge in [-0.3, -0.25) is 9.69 Å². The van der Waals surface area contributed by atoms with Crippen molar-refractivity contribution in [2.75, 3.05) is 47.0 Å². The van der Waals surface area contributed by atoms with Gasteiger partial charge in [-0.15, -0.1) is 10.2 Å². The summed E-state index contributed by atoms with van der Waals surface area (Å²) in [6, 6.07) is 0. The summed E-state index contributed by atoms with van der Waals surface area (Å²) < 4.78 is 10.3. The second-order valence-corrected chi connectivity index (χ2v) is 8.17. The van der Waals surface area contributed by atoms with Crippen LogP contribution in [-0.4, -0.2) is 72.9 Å². The second-order valence-electron chi connectivity index (χ2n) is 7.14. The topological polar surface area (TPSA) is 67.8 Å². The Bertz CT molecular complexity index is 582. The van der Waals surface area contributed by atoms with Crippen molar-refractivity contribution in [1.82, 2.24) is 20.0 Å². The van der Waals surface area contributed by atoms with Crippen molar-refractivity contribution in [2.45, 2.75) is 38.6 Å². The summed E-state index contributed by atoms with van der Waals surface area (Å²) in [7, 11) is 3.33. The van der Waals surface area contributed by atoms with E-state index in [4.69, 9.17) is 9.47 Å². The quantitative estimate of drug-likeness (QED) is 0.684. The van der Waals surface area contributed by atoms with Gasteiger partial charge in [0.2, 0.25) is 5.91 Å². The zero-order valence-electron chi connectivity index (χ0n) is 15.2. The van der Waals surface area contributed by atoms with E-state index in [-0.39, 0.29) is 5.41 Å². The molecule has 1 atom stereocenters. The predicted molar refractivity (Wildman–Crippen MR) is 95.7 cm³/mol. The number of carbonyl (C=O) groups excluding carboxylic acids is 1. The van der Waals surface area contributed by atoms with Crippen molar-refractivity contribution in [3.63, 3.8) is 0 Å². The molecule has 2 aliphatic rings. The molecule has 140 valence electrons. The highest BCUT2D eigenvalue weighted by atomic mass is 32.1.